The lowest BCUT2D eigenvalue weighted by molar-refractivity contribution is -0.117. The van der Waals surface area contributed by atoms with Gasteiger partial charge in [0, 0.05) is 42.3 Å². The van der Waals surface area contributed by atoms with E-state index in [9.17, 15) is 9.59 Å². The monoisotopic (exact) mass is 468 g/mol. The Morgan fingerprint density at radius 3 is 2.73 bits per heavy atom. The molecule has 0 spiro atoms. The summed E-state index contributed by atoms with van der Waals surface area (Å²) in [5, 5.41) is 0. The number of carbonyl (C=O) groups excluding carboxylic acids is 1. The third kappa shape index (κ3) is 3.78. The van der Waals surface area contributed by atoms with Gasteiger partial charge in [0.1, 0.15) is 11.4 Å². The Morgan fingerprint density at radius 2 is 2.04 bits per heavy atom. The summed E-state index contributed by atoms with van der Waals surface area (Å²) in [6.07, 6.45) is 2.12. The predicted octanol–water partition coefficient (Wildman–Crippen LogP) is 2.63. The highest BCUT2D eigenvalue weighted by Gasteiger charge is 2.34. The van der Waals surface area contributed by atoms with Gasteiger partial charge in [-0.1, -0.05) is 6.07 Å². The number of halogens is 1. The molecule has 0 aliphatic carbocycles. The second-order valence-corrected chi connectivity index (χ2v) is 7.34. The molecule has 0 unspecified atom stereocenters. The van der Waals surface area contributed by atoms with Gasteiger partial charge in [-0.25, -0.2) is 0 Å². The molecule has 1 amide bonds. The van der Waals surface area contributed by atoms with Crippen LogP contribution in [-0.2, 0) is 16.1 Å². The van der Waals surface area contributed by atoms with Crippen LogP contribution >= 0.6 is 22.6 Å². The van der Waals surface area contributed by atoms with Crippen molar-refractivity contribution in [3.63, 3.8) is 0 Å². The van der Waals surface area contributed by atoms with Gasteiger partial charge in [-0.3, -0.25) is 9.59 Å². The first-order valence-corrected chi connectivity index (χ1v) is 9.45. The van der Waals surface area contributed by atoms with Crippen LogP contribution in [0.2, 0.25) is 0 Å². The average Bonchev–Trinajstić information content (AvgIpc) is 3.02. The van der Waals surface area contributed by atoms with Crippen molar-refractivity contribution < 1.29 is 14.3 Å². The highest BCUT2D eigenvalue weighted by atomic mass is 127. The predicted molar refractivity (Wildman–Crippen MR) is 108 cm³/mol. The number of amides is 1. The summed E-state index contributed by atoms with van der Waals surface area (Å²) in [5.41, 5.74) is 1.38. The van der Waals surface area contributed by atoms with Gasteiger partial charge in [-0.05, 0) is 52.4 Å². The second-order valence-electron chi connectivity index (χ2n) is 6.18. The zero-order valence-corrected chi connectivity index (χ0v) is 16.9. The molecule has 1 atom stereocenters. The Labute approximate surface area is 165 Å². The van der Waals surface area contributed by atoms with Crippen molar-refractivity contribution in [3.05, 3.63) is 56.0 Å². The summed E-state index contributed by atoms with van der Waals surface area (Å²) < 4.78 is 12.9. The number of pyridine rings is 1. The highest BCUT2D eigenvalue weighted by molar-refractivity contribution is 14.1. The van der Waals surface area contributed by atoms with Crippen LogP contribution in [0.4, 0.5) is 5.69 Å². The highest BCUT2D eigenvalue weighted by Crippen LogP contribution is 2.34. The van der Waals surface area contributed by atoms with Gasteiger partial charge in [0.25, 0.3) is 5.56 Å². The van der Waals surface area contributed by atoms with Crippen molar-refractivity contribution in [2.45, 2.75) is 18.9 Å². The molecule has 1 aromatic heterocycles. The van der Waals surface area contributed by atoms with Crippen molar-refractivity contribution in [1.29, 1.82) is 0 Å². The molecule has 0 radical (unpaired) electrons. The molecule has 0 bridgehead atoms. The van der Waals surface area contributed by atoms with Crippen molar-refractivity contribution in [2.75, 3.05) is 32.3 Å². The molecule has 0 saturated carbocycles. The van der Waals surface area contributed by atoms with Crippen LogP contribution in [0.15, 0.2) is 41.3 Å². The number of hydrogen-bond acceptors (Lipinski definition) is 4. The Bertz CT molecular complexity index is 865. The number of anilines is 1. The van der Waals surface area contributed by atoms with E-state index in [1.165, 1.54) is 0 Å². The van der Waals surface area contributed by atoms with Gasteiger partial charge >= 0.3 is 0 Å². The number of methoxy groups -OCH3 is 2. The van der Waals surface area contributed by atoms with Crippen LogP contribution < -0.4 is 15.2 Å². The van der Waals surface area contributed by atoms with E-state index in [4.69, 9.17) is 9.47 Å². The minimum absolute atomic E-state index is 0.0248. The largest absolute Gasteiger partial charge is 0.497 e. The maximum Gasteiger partial charge on any atom is 0.274 e. The minimum Gasteiger partial charge on any atom is -0.497 e. The standard InChI is InChI=1S/C19H21IN2O4/c1-25-9-8-21-7-3-4-17(19(21)24)22-12-13(10-18(22)23)15-6-5-14(26-2)11-16(15)20/h3-7,11,13H,8-10,12H2,1-2H3/t13-/m0/s1. The molecule has 6 nitrogen and oxygen atoms in total. The van der Waals surface area contributed by atoms with Gasteiger partial charge < -0.3 is 18.9 Å². The van der Waals surface area contributed by atoms with Gasteiger partial charge in [0.15, 0.2) is 0 Å². The van der Waals surface area contributed by atoms with Crippen molar-refractivity contribution in [3.8, 4) is 5.75 Å². The summed E-state index contributed by atoms with van der Waals surface area (Å²) >= 11 is 2.27. The van der Waals surface area contributed by atoms with Crippen molar-refractivity contribution >= 4 is 34.2 Å². The van der Waals surface area contributed by atoms with Crippen LogP contribution in [0.25, 0.3) is 0 Å². The van der Waals surface area contributed by atoms with Crippen molar-refractivity contribution in [1.82, 2.24) is 4.57 Å². The molecule has 1 aromatic carbocycles. The van der Waals surface area contributed by atoms with E-state index >= 15 is 0 Å². The molecule has 1 aliphatic heterocycles. The summed E-state index contributed by atoms with van der Waals surface area (Å²) in [4.78, 5) is 26.9. The third-order valence-electron chi connectivity index (χ3n) is 4.60. The average molecular weight is 468 g/mol. The number of carbonyl (C=O) groups is 1. The number of hydrogen-bond donors (Lipinski definition) is 0. The lowest BCUT2D eigenvalue weighted by atomic mass is 9.98. The second kappa shape index (κ2) is 8.22. The Morgan fingerprint density at radius 1 is 1.23 bits per heavy atom. The molecular formula is C19H21IN2O4. The normalized spacial score (nSPS) is 17.0. The maximum absolute atomic E-state index is 12.7. The topological polar surface area (TPSA) is 60.8 Å². The van der Waals surface area contributed by atoms with E-state index < -0.39 is 0 Å². The molecule has 1 saturated heterocycles. The molecule has 7 heteroatoms. The molecule has 2 heterocycles. The number of rotatable bonds is 6. The first kappa shape index (κ1) is 18.9. The van der Waals surface area contributed by atoms with Crippen LogP contribution in [0, 0.1) is 3.57 Å². The van der Waals surface area contributed by atoms with E-state index in [2.05, 4.69) is 22.6 Å². The molecule has 1 aliphatic rings. The lowest BCUT2D eigenvalue weighted by Crippen LogP contribution is -2.33. The minimum atomic E-state index is -0.164. The lowest BCUT2D eigenvalue weighted by Gasteiger charge is -2.18. The Hall–Kier alpha value is -1.87. The molecule has 0 N–H and O–H groups in total. The quantitative estimate of drug-likeness (QED) is 0.612. The van der Waals surface area contributed by atoms with Crippen LogP contribution in [0.3, 0.4) is 0 Å². The summed E-state index contributed by atoms with van der Waals surface area (Å²) in [6.45, 7) is 1.42. The molecule has 1 fully saturated rings. The zero-order chi connectivity index (χ0) is 18.7. The van der Waals surface area contributed by atoms with E-state index in [0.717, 1.165) is 14.9 Å². The fourth-order valence-electron chi connectivity index (χ4n) is 3.21. The van der Waals surface area contributed by atoms with Gasteiger partial charge in [-0.2, -0.15) is 0 Å². The van der Waals surface area contributed by atoms with E-state index in [1.807, 2.05) is 18.2 Å². The van der Waals surface area contributed by atoms with E-state index in [1.54, 1.807) is 42.0 Å². The number of benzene rings is 1. The molecule has 2 aromatic rings. The fourth-order valence-corrected chi connectivity index (χ4v) is 4.14. The van der Waals surface area contributed by atoms with Gasteiger partial charge in [0.2, 0.25) is 5.91 Å². The van der Waals surface area contributed by atoms with E-state index in [0.29, 0.717) is 31.8 Å². The molecule has 3 rings (SSSR count). The van der Waals surface area contributed by atoms with Gasteiger partial charge in [0.05, 0.1) is 13.7 Å². The Kier molecular flexibility index (Phi) is 5.98. The first-order valence-electron chi connectivity index (χ1n) is 8.37. The molecular weight excluding hydrogens is 447 g/mol. The molecule has 26 heavy (non-hydrogen) atoms. The van der Waals surface area contributed by atoms with E-state index in [-0.39, 0.29) is 17.4 Å². The first-order chi connectivity index (χ1) is 12.5. The van der Waals surface area contributed by atoms with Crippen molar-refractivity contribution in [2.24, 2.45) is 0 Å². The number of aromatic nitrogens is 1. The fraction of sp³-hybridized carbons (Fsp3) is 0.368. The van der Waals surface area contributed by atoms with Crippen LogP contribution in [0.1, 0.15) is 17.9 Å². The third-order valence-corrected chi connectivity index (χ3v) is 5.53. The smallest absolute Gasteiger partial charge is 0.274 e. The maximum atomic E-state index is 12.7. The van der Waals surface area contributed by atoms with Gasteiger partial charge in [-0.15, -0.1) is 0 Å². The molecule has 138 valence electrons. The number of ether oxygens (including phenoxy) is 2. The van der Waals surface area contributed by atoms with Crippen LogP contribution in [0.5, 0.6) is 5.75 Å². The SMILES string of the molecule is COCCn1cccc(N2C[C@@H](c3ccc(OC)cc3I)CC2=O)c1=O. The Balaban J connectivity index is 1.86. The summed E-state index contributed by atoms with van der Waals surface area (Å²) in [7, 11) is 3.23. The van der Waals surface area contributed by atoms with Crippen LogP contribution in [-0.4, -0.2) is 37.8 Å². The summed E-state index contributed by atoms with van der Waals surface area (Å²) in [5.74, 6) is 0.832. The summed E-state index contributed by atoms with van der Waals surface area (Å²) in [6, 6.07) is 9.38. The zero-order valence-electron chi connectivity index (χ0n) is 14.8. The number of nitrogens with zero attached hydrogens (tertiary/aromatic N) is 2.